The van der Waals surface area contributed by atoms with Gasteiger partial charge in [0.1, 0.15) is 5.75 Å². The Bertz CT molecular complexity index is 455. The van der Waals surface area contributed by atoms with Gasteiger partial charge in [-0.2, -0.15) is 0 Å². The zero-order chi connectivity index (χ0) is 14.5. The van der Waals surface area contributed by atoms with Crippen LogP contribution in [0.2, 0.25) is 0 Å². The summed E-state index contributed by atoms with van der Waals surface area (Å²) in [5.74, 6) is 1.09. The normalized spacial score (nSPS) is 20.6. The molecule has 0 spiro atoms. The number of hydrogen-bond donors (Lipinski definition) is 1. The second-order valence-corrected chi connectivity index (χ2v) is 6.54. The number of nitrogens with zero attached hydrogens (tertiary/aromatic N) is 1. The number of piperidine rings is 1. The molecule has 2 aliphatic rings. The van der Waals surface area contributed by atoms with Crippen LogP contribution in [0.3, 0.4) is 0 Å². The van der Waals surface area contributed by atoms with Gasteiger partial charge in [-0.3, -0.25) is 0 Å². The topological polar surface area (TPSA) is 24.5 Å². The van der Waals surface area contributed by atoms with Gasteiger partial charge in [0.15, 0.2) is 0 Å². The second kappa shape index (κ2) is 7.28. The molecule has 1 fully saturated rings. The van der Waals surface area contributed by atoms with E-state index in [1.165, 1.54) is 50.0 Å². The van der Waals surface area contributed by atoms with E-state index < -0.39 is 0 Å². The van der Waals surface area contributed by atoms with Crippen molar-refractivity contribution in [2.75, 3.05) is 26.2 Å². The van der Waals surface area contributed by atoms with Gasteiger partial charge in [0, 0.05) is 19.1 Å². The molecule has 1 atom stereocenters. The maximum Gasteiger partial charge on any atom is 0.122 e. The molecule has 1 aromatic carbocycles. The van der Waals surface area contributed by atoms with Gasteiger partial charge in [0.2, 0.25) is 0 Å². The van der Waals surface area contributed by atoms with Crippen LogP contribution in [0.15, 0.2) is 18.2 Å². The van der Waals surface area contributed by atoms with E-state index in [-0.39, 0.29) is 0 Å². The van der Waals surface area contributed by atoms with Gasteiger partial charge in [-0.05, 0) is 62.9 Å². The Morgan fingerprint density at radius 1 is 1.19 bits per heavy atom. The van der Waals surface area contributed by atoms with Crippen molar-refractivity contribution in [1.29, 1.82) is 0 Å². The Labute approximate surface area is 128 Å². The van der Waals surface area contributed by atoms with Gasteiger partial charge in [-0.1, -0.05) is 18.6 Å². The number of aryl methyl sites for hydroxylation is 1. The lowest BCUT2D eigenvalue weighted by atomic mass is 10.0. The van der Waals surface area contributed by atoms with Crippen molar-refractivity contribution in [3.8, 4) is 5.75 Å². The molecular weight excluding hydrogens is 260 g/mol. The van der Waals surface area contributed by atoms with E-state index in [9.17, 15) is 0 Å². The lowest BCUT2D eigenvalue weighted by Gasteiger charge is -2.29. The van der Waals surface area contributed by atoms with Crippen molar-refractivity contribution in [1.82, 2.24) is 10.2 Å². The number of likely N-dealkylation sites (tertiary alicyclic amines) is 1. The third-order valence-electron chi connectivity index (χ3n) is 4.61. The molecule has 0 aliphatic carbocycles. The monoisotopic (exact) mass is 288 g/mol. The molecule has 0 saturated carbocycles. The molecule has 0 aromatic heterocycles. The number of ether oxygens (including phenoxy) is 1. The molecule has 1 unspecified atom stereocenters. The summed E-state index contributed by atoms with van der Waals surface area (Å²) in [6.07, 6.45) is 6.46. The summed E-state index contributed by atoms with van der Waals surface area (Å²) in [5, 5.41) is 3.67. The summed E-state index contributed by atoms with van der Waals surface area (Å²) in [6.45, 7) is 7.87. The Kier molecular flexibility index (Phi) is 5.15. The van der Waals surface area contributed by atoms with E-state index in [1.54, 1.807) is 0 Å². The SMILES string of the molecule is CC(CN1CCCCC1)NCc1ccc2c(c1)CCCO2. The maximum atomic E-state index is 5.68. The molecule has 0 amide bonds. The molecule has 1 N–H and O–H groups in total. The van der Waals surface area contributed by atoms with E-state index in [2.05, 4.69) is 35.3 Å². The van der Waals surface area contributed by atoms with Crippen molar-refractivity contribution in [3.05, 3.63) is 29.3 Å². The van der Waals surface area contributed by atoms with Gasteiger partial charge >= 0.3 is 0 Å². The lowest BCUT2D eigenvalue weighted by Crippen LogP contribution is -2.41. The summed E-state index contributed by atoms with van der Waals surface area (Å²) in [7, 11) is 0. The van der Waals surface area contributed by atoms with Gasteiger partial charge in [-0.25, -0.2) is 0 Å². The molecule has 0 radical (unpaired) electrons. The maximum absolute atomic E-state index is 5.68. The fourth-order valence-corrected chi connectivity index (χ4v) is 3.41. The van der Waals surface area contributed by atoms with Crippen molar-refractivity contribution in [2.24, 2.45) is 0 Å². The first-order valence-electron chi connectivity index (χ1n) is 8.51. The molecule has 3 heteroatoms. The van der Waals surface area contributed by atoms with Crippen LogP contribution >= 0.6 is 0 Å². The molecule has 2 heterocycles. The van der Waals surface area contributed by atoms with Gasteiger partial charge in [0.05, 0.1) is 6.61 Å². The third-order valence-corrected chi connectivity index (χ3v) is 4.61. The fourth-order valence-electron chi connectivity index (χ4n) is 3.41. The Morgan fingerprint density at radius 3 is 2.90 bits per heavy atom. The first-order valence-corrected chi connectivity index (χ1v) is 8.51. The first-order chi connectivity index (χ1) is 10.3. The van der Waals surface area contributed by atoms with E-state index in [0.717, 1.165) is 31.7 Å². The van der Waals surface area contributed by atoms with Crippen LogP contribution < -0.4 is 10.1 Å². The van der Waals surface area contributed by atoms with Gasteiger partial charge in [0.25, 0.3) is 0 Å². The summed E-state index contributed by atoms with van der Waals surface area (Å²) in [4.78, 5) is 2.60. The van der Waals surface area contributed by atoms with Crippen LogP contribution in [0.4, 0.5) is 0 Å². The van der Waals surface area contributed by atoms with Crippen molar-refractivity contribution in [2.45, 2.75) is 51.6 Å². The minimum absolute atomic E-state index is 0.551. The molecule has 1 saturated heterocycles. The highest BCUT2D eigenvalue weighted by molar-refractivity contribution is 5.38. The average molecular weight is 288 g/mol. The van der Waals surface area contributed by atoms with Crippen LogP contribution in [-0.2, 0) is 13.0 Å². The Morgan fingerprint density at radius 2 is 2.05 bits per heavy atom. The summed E-state index contributed by atoms with van der Waals surface area (Å²) in [5.41, 5.74) is 2.76. The third kappa shape index (κ3) is 4.21. The second-order valence-electron chi connectivity index (χ2n) is 6.54. The molecule has 1 aromatic rings. The standard InChI is InChI=1S/C18H28N2O/c1-15(14-20-9-3-2-4-10-20)19-13-16-7-8-18-17(12-16)6-5-11-21-18/h7-8,12,15,19H,2-6,9-11,13-14H2,1H3. The molecular formula is C18H28N2O. The first kappa shape index (κ1) is 14.9. The van der Waals surface area contributed by atoms with Crippen LogP contribution in [-0.4, -0.2) is 37.2 Å². The zero-order valence-electron chi connectivity index (χ0n) is 13.2. The number of nitrogens with one attached hydrogen (secondary N) is 1. The van der Waals surface area contributed by atoms with Gasteiger partial charge < -0.3 is 15.0 Å². The molecule has 2 aliphatic heterocycles. The summed E-state index contributed by atoms with van der Waals surface area (Å²) < 4.78 is 5.68. The van der Waals surface area contributed by atoms with Crippen LogP contribution in [0.1, 0.15) is 43.7 Å². The number of hydrogen-bond acceptors (Lipinski definition) is 3. The summed E-state index contributed by atoms with van der Waals surface area (Å²) in [6, 6.07) is 7.20. The largest absolute Gasteiger partial charge is 0.493 e. The minimum Gasteiger partial charge on any atom is -0.493 e. The van der Waals surface area contributed by atoms with Crippen molar-refractivity contribution < 1.29 is 4.74 Å². The van der Waals surface area contributed by atoms with Crippen LogP contribution in [0, 0.1) is 0 Å². The molecule has 3 nitrogen and oxygen atoms in total. The highest BCUT2D eigenvalue weighted by atomic mass is 16.5. The minimum atomic E-state index is 0.551. The molecule has 3 rings (SSSR count). The van der Waals surface area contributed by atoms with E-state index >= 15 is 0 Å². The van der Waals surface area contributed by atoms with E-state index in [1.807, 2.05) is 0 Å². The molecule has 21 heavy (non-hydrogen) atoms. The molecule has 0 bridgehead atoms. The predicted octanol–water partition coefficient (Wildman–Crippen LogP) is 2.98. The van der Waals surface area contributed by atoms with Crippen molar-refractivity contribution in [3.63, 3.8) is 0 Å². The molecule has 116 valence electrons. The van der Waals surface area contributed by atoms with E-state index in [0.29, 0.717) is 6.04 Å². The Balaban J connectivity index is 1.47. The van der Waals surface area contributed by atoms with Crippen LogP contribution in [0.25, 0.3) is 0 Å². The average Bonchev–Trinajstić information content (AvgIpc) is 2.54. The number of benzene rings is 1. The number of rotatable bonds is 5. The summed E-state index contributed by atoms with van der Waals surface area (Å²) >= 11 is 0. The van der Waals surface area contributed by atoms with E-state index in [4.69, 9.17) is 4.74 Å². The number of fused-ring (bicyclic) bond motifs is 1. The van der Waals surface area contributed by atoms with Crippen LogP contribution in [0.5, 0.6) is 5.75 Å². The lowest BCUT2D eigenvalue weighted by molar-refractivity contribution is 0.209. The fraction of sp³-hybridized carbons (Fsp3) is 0.667. The van der Waals surface area contributed by atoms with Crippen molar-refractivity contribution >= 4 is 0 Å². The highest BCUT2D eigenvalue weighted by Gasteiger charge is 2.14. The smallest absolute Gasteiger partial charge is 0.122 e. The van der Waals surface area contributed by atoms with Gasteiger partial charge in [-0.15, -0.1) is 0 Å². The quantitative estimate of drug-likeness (QED) is 0.901. The zero-order valence-corrected chi connectivity index (χ0v) is 13.2. The Hall–Kier alpha value is -1.06. The predicted molar refractivity (Wildman–Crippen MR) is 86.9 cm³/mol. The highest BCUT2D eigenvalue weighted by Crippen LogP contribution is 2.25.